The third kappa shape index (κ3) is 2.79. The van der Waals surface area contributed by atoms with Gasteiger partial charge < -0.3 is 15.0 Å². The molecule has 130 valence electrons. The topological polar surface area (TPSA) is 37.0 Å². The Bertz CT molecular complexity index is 951. The van der Waals surface area contributed by atoms with E-state index >= 15 is 0 Å². The van der Waals surface area contributed by atoms with Gasteiger partial charge >= 0.3 is 0 Å². The number of H-pyrrole nitrogens is 1. The minimum absolute atomic E-state index is 0.0566. The van der Waals surface area contributed by atoms with Crippen LogP contribution in [0, 0.1) is 12.7 Å². The van der Waals surface area contributed by atoms with E-state index in [1.54, 1.807) is 12.1 Å². The maximum absolute atomic E-state index is 13.7. The first-order chi connectivity index (χ1) is 12.1. The minimum atomic E-state index is -0.210. The average molecular weight is 359 g/mol. The van der Waals surface area contributed by atoms with Gasteiger partial charge in [-0.1, -0.05) is 11.6 Å². The van der Waals surface area contributed by atoms with Crippen LogP contribution in [0.3, 0.4) is 0 Å². The lowest BCUT2D eigenvalue weighted by Gasteiger charge is -2.27. The predicted octanol–water partition coefficient (Wildman–Crippen LogP) is 4.90. The van der Waals surface area contributed by atoms with E-state index in [0.29, 0.717) is 6.61 Å². The number of fused-ring (bicyclic) bond motifs is 3. The summed E-state index contributed by atoms with van der Waals surface area (Å²) in [6, 6.07) is 8.80. The molecule has 0 amide bonds. The molecular formula is C20H20ClFN2O. The number of aromatic amines is 1. The van der Waals surface area contributed by atoms with Crippen LogP contribution < -0.4 is 10.1 Å². The lowest BCUT2D eigenvalue weighted by atomic mass is 9.93. The highest BCUT2D eigenvalue weighted by molar-refractivity contribution is 6.31. The van der Waals surface area contributed by atoms with E-state index in [4.69, 9.17) is 16.3 Å². The van der Waals surface area contributed by atoms with Crippen molar-refractivity contribution >= 4 is 22.5 Å². The normalized spacial score (nSPS) is 16.9. The monoisotopic (exact) mass is 358 g/mol. The molecule has 5 heteroatoms. The number of hydrogen-bond donors (Lipinski definition) is 2. The molecule has 4 rings (SSSR count). The number of benzene rings is 2. The molecule has 1 aliphatic heterocycles. The van der Waals surface area contributed by atoms with Crippen LogP contribution in [0.15, 0.2) is 30.3 Å². The van der Waals surface area contributed by atoms with Crippen LogP contribution in [-0.2, 0) is 6.42 Å². The fourth-order valence-corrected chi connectivity index (χ4v) is 3.81. The summed E-state index contributed by atoms with van der Waals surface area (Å²) in [6.07, 6.45) is 0.860. The van der Waals surface area contributed by atoms with Gasteiger partial charge in [-0.3, -0.25) is 0 Å². The zero-order chi connectivity index (χ0) is 17.6. The van der Waals surface area contributed by atoms with E-state index in [1.807, 2.05) is 26.0 Å². The van der Waals surface area contributed by atoms with Crippen LogP contribution in [-0.4, -0.2) is 18.1 Å². The molecule has 0 radical (unpaired) electrons. The molecule has 1 aromatic heterocycles. The second-order valence-electron chi connectivity index (χ2n) is 6.42. The van der Waals surface area contributed by atoms with Crippen molar-refractivity contribution in [3.8, 4) is 5.75 Å². The Morgan fingerprint density at radius 2 is 2.12 bits per heavy atom. The van der Waals surface area contributed by atoms with E-state index in [1.165, 1.54) is 6.07 Å². The zero-order valence-corrected chi connectivity index (χ0v) is 15.0. The third-order valence-corrected chi connectivity index (χ3v) is 5.22. The van der Waals surface area contributed by atoms with E-state index in [-0.39, 0.29) is 11.9 Å². The first-order valence-corrected chi connectivity index (χ1v) is 8.92. The standard InChI is InChI=1S/C20H20ClFN2O/c1-3-25-18-8-11(2)16(21)10-15(18)19-20-13(6-7-23-19)14-9-12(22)4-5-17(14)24-20/h4-5,8-10,19,23-24H,3,6-7H2,1-2H3. The Labute approximate surface area is 151 Å². The molecule has 0 fully saturated rings. The number of aryl methyl sites for hydroxylation is 1. The number of nitrogens with one attached hydrogen (secondary N) is 2. The SMILES string of the molecule is CCOc1cc(C)c(Cl)cc1C1NCCc2c1[nH]c1ccc(F)cc21. The number of aromatic nitrogens is 1. The first kappa shape index (κ1) is 16.4. The van der Waals surface area contributed by atoms with Gasteiger partial charge in [-0.25, -0.2) is 4.39 Å². The fourth-order valence-electron chi connectivity index (χ4n) is 3.64. The molecule has 0 bridgehead atoms. The molecule has 0 saturated heterocycles. The van der Waals surface area contributed by atoms with Crippen molar-refractivity contribution in [1.29, 1.82) is 0 Å². The Morgan fingerprint density at radius 1 is 1.28 bits per heavy atom. The van der Waals surface area contributed by atoms with Crippen molar-refractivity contribution in [2.45, 2.75) is 26.3 Å². The molecule has 1 atom stereocenters. The lowest BCUT2D eigenvalue weighted by Crippen LogP contribution is -2.30. The number of halogens is 2. The molecule has 3 nitrogen and oxygen atoms in total. The van der Waals surface area contributed by atoms with Crippen molar-refractivity contribution in [2.75, 3.05) is 13.2 Å². The van der Waals surface area contributed by atoms with Crippen molar-refractivity contribution in [3.05, 3.63) is 63.6 Å². The van der Waals surface area contributed by atoms with E-state index in [9.17, 15) is 4.39 Å². The van der Waals surface area contributed by atoms with Crippen LogP contribution in [0.5, 0.6) is 5.75 Å². The molecule has 25 heavy (non-hydrogen) atoms. The highest BCUT2D eigenvalue weighted by Gasteiger charge is 2.28. The van der Waals surface area contributed by atoms with Gasteiger partial charge in [-0.15, -0.1) is 0 Å². The van der Waals surface area contributed by atoms with Crippen LogP contribution >= 0.6 is 11.6 Å². The quantitative estimate of drug-likeness (QED) is 0.698. The molecule has 0 saturated carbocycles. The van der Waals surface area contributed by atoms with Crippen LogP contribution in [0.1, 0.15) is 35.3 Å². The largest absolute Gasteiger partial charge is 0.494 e. The van der Waals surface area contributed by atoms with Gasteiger partial charge in [0.15, 0.2) is 0 Å². The Hall–Kier alpha value is -2.04. The van der Waals surface area contributed by atoms with Gasteiger partial charge in [0.1, 0.15) is 11.6 Å². The molecule has 1 unspecified atom stereocenters. The zero-order valence-electron chi connectivity index (χ0n) is 14.2. The molecule has 2 heterocycles. The Kier molecular flexibility index (Phi) is 4.18. The molecule has 2 N–H and O–H groups in total. The Balaban J connectivity index is 1.89. The highest BCUT2D eigenvalue weighted by Crippen LogP contribution is 2.39. The average Bonchev–Trinajstić information content (AvgIpc) is 2.96. The van der Waals surface area contributed by atoms with Gasteiger partial charge in [0.25, 0.3) is 0 Å². The summed E-state index contributed by atoms with van der Waals surface area (Å²) >= 11 is 6.39. The molecule has 0 aliphatic carbocycles. The predicted molar refractivity (Wildman–Crippen MR) is 99.2 cm³/mol. The third-order valence-electron chi connectivity index (χ3n) is 4.82. The molecular weight excluding hydrogens is 339 g/mol. The van der Waals surface area contributed by atoms with Crippen molar-refractivity contribution in [1.82, 2.24) is 10.3 Å². The maximum atomic E-state index is 13.7. The summed E-state index contributed by atoms with van der Waals surface area (Å²) in [5, 5.41) is 5.22. The Morgan fingerprint density at radius 3 is 2.92 bits per heavy atom. The van der Waals surface area contributed by atoms with Crippen LogP contribution in [0.2, 0.25) is 5.02 Å². The highest BCUT2D eigenvalue weighted by atomic mass is 35.5. The number of hydrogen-bond acceptors (Lipinski definition) is 2. The van der Waals surface area contributed by atoms with E-state index in [2.05, 4.69) is 10.3 Å². The number of ether oxygens (including phenoxy) is 1. The lowest BCUT2D eigenvalue weighted by molar-refractivity contribution is 0.332. The van der Waals surface area contributed by atoms with Gasteiger partial charge in [0, 0.05) is 33.7 Å². The molecule has 0 spiro atoms. The summed E-state index contributed by atoms with van der Waals surface area (Å²) in [5.41, 5.74) is 5.18. The smallest absolute Gasteiger partial charge is 0.124 e. The van der Waals surface area contributed by atoms with Crippen molar-refractivity contribution in [3.63, 3.8) is 0 Å². The van der Waals surface area contributed by atoms with Gasteiger partial charge in [-0.2, -0.15) is 0 Å². The van der Waals surface area contributed by atoms with E-state index in [0.717, 1.165) is 57.0 Å². The second-order valence-corrected chi connectivity index (χ2v) is 6.82. The van der Waals surface area contributed by atoms with Crippen molar-refractivity contribution in [2.24, 2.45) is 0 Å². The maximum Gasteiger partial charge on any atom is 0.124 e. The first-order valence-electron chi connectivity index (χ1n) is 8.54. The summed E-state index contributed by atoms with van der Waals surface area (Å²) in [6.45, 7) is 5.35. The summed E-state index contributed by atoms with van der Waals surface area (Å²) in [5.74, 6) is 0.623. The van der Waals surface area contributed by atoms with Crippen LogP contribution in [0.25, 0.3) is 10.9 Å². The molecule has 1 aliphatic rings. The van der Waals surface area contributed by atoms with Gasteiger partial charge in [0.2, 0.25) is 0 Å². The van der Waals surface area contributed by atoms with Gasteiger partial charge in [-0.05, 0) is 61.7 Å². The molecule has 2 aromatic carbocycles. The van der Waals surface area contributed by atoms with Gasteiger partial charge in [0.05, 0.1) is 12.6 Å². The fraction of sp³-hybridized carbons (Fsp3) is 0.300. The van der Waals surface area contributed by atoms with Crippen LogP contribution in [0.4, 0.5) is 4.39 Å². The van der Waals surface area contributed by atoms with Crippen molar-refractivity contribution < 1.29 is 9.13 Å². The minimum Gasteiger partial charge on any atom is -0.494 e. The second kappa shape index (κ2) is 6.36. The summed E-state index contributed by atoms with van der Waals surface area (Å²) in [4.78, 5) is 3.47. The number of rotatable bonds is 3. The molecule has 3 aromatic rings. The summed E-state index contributed by atoms with van der Waals surface area (Å²) in [7, 11) is 0. The summed E-state index contributed by atoms with van der Waals surface area (Å²) < 4.78 is 19.6. The van der Waals surface area contributed by atoms with E-state index < -0.39 is 0 Å².